The van der Waals surface area contributed by atoms with Crippen LogP contribution >= 0.6 is 0 Å². The monoisotopic (exact) mass is 406 g/mol. The molecule has 1 atom stereocenters. The minimum absolute atomic E-state index is 0.0108. The molecular weight excluding hydrogens is 376 g/mol. The van der Waals surface area contributed by atoms with E-state index >= 15 is 0 Å². The maximum Gasteiger partial charge on any atom is 0.247 e. The standard InChI is InChI=1S/C24H30N4O2/c1-16(2)11-21(30)27-10-6-8-18(27)23-22-19(12-24(3,4)13-20(22)29)28(26-23)15-17-7-5-9-25-14-17/h5,7,9,11,14,18H,6,8,10,12-13,15H2,1-4H3/t18-/m0/s1. The molecule has 0 radical (unpaired) electrons. The lowest BCUT2D eigenvalue weighted by Gasteiger charge is -2.30. The molecule has 1 aliphatic carbocycles. The van der Waals surface area contributed by atoms with Crippen LogP contribution in [0, 0.1) is 5.41 Å². The van der Waals surface area contributed by atoms with Gasteiger partial charge in [-0.15, -0.1) is 0 Å². The van der Waals surface area contributed by atoms with Crippen molar-refractivity contribution in [2.75, 3.05) is 6.54 Å². The Morgan fingerprint density at radius 1 is 1.30 bits per heavy atom. The van der Waals surface area contributed by atoms with E-state index in [-0.39, 0.29) is 23.1 Å². The zero-order chi connectivity index (χ0) is 21.5. The summed E-state index contributed by atoms with van der Waals surface area (Å²) < 4.78 is 1.97. The van der Waals surface area contributed by atoms with Gasteiger partial charge in [0.15, 0.2) is 5.78 Å². The summed E-state index contributed by atoms with van der Waals surface area (Å²) in [5.74, 6) is 0.159. The summed E-state index contributed by atoms with van der Waals surface area (Å²) >= 11 is 0. The summed E-state index contributed by atoms with van der Waals surface area (Å²) in [7, 11) is 0. The Labute approximate surface area is 178 Å². The molecule has 30 heavy (non-hydrogen) atoms. The van der Waals surface area contributed by atoms with E-state index in [0.717, 1.165) is 47.4 Å². The van der Waals surface area contributed by atoms with Gasteiger partial charge >= 0.3 is 0 Å². The van der Waals surface area contributed by atoms with Crippen LogP contribution in [-0.4, -0.2) is 37.9 Å². The second-order valence-electron chi connectivity index (χ2n) is 9.58. The van der Waals surface area contributed by atoms with Crippen molar-refractivity contribution in [1.29, 1.82) is 0 Å². The molecule has 1 amide bonds. The Morgan fingerprint density at radius 3 is 2.80 bits per heavy atom. The van der Waals surface area contributed by atoms with Gasteiger partial charge in [-0.25, -0.2) is 0 Å². The maximum atomic E-state index is 13.2. The number of allylic oxidation sites excluding steroid dienone is 1. The molecule has 2 aliphatic rings. The van der Waals surface area contributed by atoms with Crippen molar-refractivity contribution in [2.24, 2.45) is 5.41 Å². The number of Topliss-reactive ketones (excluding diaryl/α,β-unsaturated/α-hetero) is 1. The number of likely N-dealkylation sites (tertiary alicyclic amines) is 1. The van der Waals surface area contributed by atoms with Gasteiger partial charge in [0.25, 0.3) is 0 Å². The van der Waals surface area contributed by atoms with Gasteiger partial charge in [-0.2, -0.15) is 5.10 Å². The molecule has 4 rings (SSSR count). The fourth-order valence-corrected chi connectivity index (χ4v) is 4.71. The normalized spacial score (nSPS) is 20.2. The summed E-state index contributed by atoms with van der Waals surface area (Å²) in [4.78, 5) is 32.1. The van der Waals surface area contributed by atoms with E-state index in [0.29, 0.717) is 19.5 Å². The number of nitrogens with zero attached hydrogens (tertiary/aromatic N) is 4. The highest BCUT2D eigenvalue weighted by molar-refractivity contribution is 6.00. The van der Waals surface area contributed by atoms with E-state index in [2.05, 4.69) is 18.8 Å². The van der Waals surface area contributed by atoms with Gasteiger partial charge in [0.2, 0.25) is 5.91 Å². The van der Waals surface area contributed by atoms with E-state index < -0.39 is 0 Å². The van der Waals surface area contributed by atoms with Gasteiger partial charge < -0.3 is 4.90 Å². The number of fused-ring (bicyclic) bond motifs is 1. The number of carbonyl (C=O) groups is 2. The van der Waals surface area contributed by atoms with Crippen molar-refractivity contribution in [3.05, 3.63) is 58.7 Å². The second kappa shape index (κ2) is 7.82. The topological polar surface area (TPSA) is 68.1 Å². The Balaban J connectivity index is 1.78. The molecule has 6 nitrogen and oxygen atoms in total. The Morgan fingerprint density at radius 2 is 2.10 bits per heavy atom. The van der Waals surface area contributed by atoms with Crippen LogP contribution in [0.5, 0.6) is 0 Å². The number of amides is 1. The van der Waals surface area contributed by atoms with Crippen molar-refractivity contribution >= 4 is 11.7 Å². The zero-order valence-corrected chi connectivity index (χ0v) is 18.3. The van der Waals surface area contributed by atoms with E-state index in [1.807, 2.05) is 41.8 Å². The largest absolute Gasteiger partial charge is 0.330 e. The van der Waals surface area contributed by atoms with E-state index in [9.17, 15) is 9.59 Å². The Hall–Kier alpha value is -2.76. The summed E-state index contributed by atoms with van der Waals surface area (Å²) in [6, 6.07) is 3.80. The number of carbonyl (C=O) groups excluding carboxylic acids is 2. The summed E-state index contributed by atoms with van der Waals surface area (Å²) in [5.41, 5.74) is 4.46. The Kier molecular flexibility index (Phi) is 5.35. The van der Waals surface area contributed by atoms with Crippen molar-refractivity contribution < 1.29 is 9.59 Å². The molecule has 1 saturated heterocycles. The molecule has 0 saturated carbocycles. The third-order valence-electron chi connectivity index (χ3n) is 5.97. The fourth-order valence-electron chi connectivity index (χ4n) is 4.71. The first-order valence-electron chi connectivity index (χ1n) is 10.7. The van der Waals surface area contributed by atoms with Crippen molar-refractivity contribution in [3.8, 4) is 0 Å². The fraction of sp³-hybridized carbons (Fsp3) is 0.500. The predicted octanol–water partition coefficient (Wildman–Crippen LogP) is 4.11. The molecule has 3 heterocycles. The van der Waals surface area contributed by atoms with Crippen LogP contribution in [0.3, 0.4) is 0 Å². The van der Waals surface area contributed by atoms with Gasteiger partial charge in [-0.1, -0.05) is 25.5 Å². The van der Waals surface area contributed by atoms with Crippen LogP contribution in [0.4, 0.5) is 0 Å². The SMILES string of the molecule is CC(C)=CC(=O)N1CCC[C@H]1c1nn(Cc2cccnc2)c2c1C(=O)CC(C)(C)C2. The van der Waals surface area contributed by atoms with Gasteiger partial charge in [0.05, 0.1) is 29.5 Å². The molecule has 1 aliphatic heterocycles. The third kappa shape index (κ3) is 3.95. The average molecular weight is 407 g/mol. The molecule has 2 aromatic rings. The van der Waals surface area contributed by atoms with Crippen molar-refractivity contribution in [1.82, 2.24) is 19.7 Å². The molecule has 0 bridgehead atoms. The van der Waals surface area contributed by atoms with Crippen LogP contribution in [-0.2, 0) is 17.8 Å². The van der Waals surface area contributed by atoms with Gasteiger partial charge in [0.1, 0.15) is 0 Å². The molecule has 0 spiro atoms. The third-order valence-corrected chi connectivity index (χ3v) is 5.97. The molecule has 0 N–H and O–H groups in total. The zero-order valence-electron chi connectivity index (χ0n) is 18.3. The van der Waals surface area contributed by atoms with Crippen LogP contribution < -0.4 is 0 Å². The van der Waals surface area contributed by atoms with Crippen molar-refractivity contribution in [2.45, 2.75) is 66.0 Å². The summed E-state index contributed by atoms with van der Waals surface area (Å²) in [5, 5.41) is 4.95. The van der Waals surface area contributed by atoms with E-state index in [4.69, 9.17) is 5.10 Å². The van der Waals surface area contributed by atoms with E-state index in [1.54, 1.807) is 12.3 Å². The predicted molar refractivity (Wildman–Crippen MR) is 115 cm³/mol. The van der Waals surface area contributed by atoms with Crippen LogP contribution in [0.1, 0.15) is 80.3 Å². The number of ketones is 1. The smallest absolute Gasteiger partial charge is 0.247 e. The number of hydrogen-bond acceptors (Lipinski definition) is 4. The quantitative estimate of drug-likeness (QED) is 0.717. The number of aromatic nitrogens is 3. The summed E-state index contributed by atoms with van der Waals surface area (Å²) in [6.07, 6.45) is 8.36. The molecular formula is C24H30N4O2. The molecule has 2 aromatic heterocycles. The first-order valence-corrected chi connectivity index (χ1v) is 10.7. The Bertz CT molecular complexity index is 1000. The highest BCUT2D eigenvalue weighted by Gasteiger charge is 2.41. The highest BCUT2D eigenvalue weighted by Crippen LogP contribution is 2.41. The second-order valence-corrected chi connectivity index (χ2v) is 9.58. The number of hydrogen-bond donors (Lipinski definition) is 0. The first kappa shape index (κ1) is 20.5. The maximum absolute atomic E-state index is 13.2. The van der Waals surface area contributed by atoms with Crippen LogP contribution in [0.25, 0.3) is 0 Å². The molecule has 0 unspecified atom stereocenters. The molecule has 158 valence electrons. The highest BCUT2D eigenvalue weighted by atomic mass is 16.2. The minimum atomic E-state index is -0.137. The number of rotatable bonds is 4. The molecule has 6 heteroatoms. The van der Waals surface area contributed by atoms with Crippen LogP contribution in [0.2, 0.25) is 0 Å². The van der Waals surface area contributed by atoms with Gasteiger partial charge in [0, 0.05) is 31.4 Å². The first-order chi connectivity index (χ1) is 14.2. The number of pyridine rings is 1. The molecule has 1 fully saturated rings. The van der Waals surface area contributed by atoms with Crippen molar-refractivity contribution in [3.63, 3.8) is 0 Å². The van der Waals surface area contributed by atoms with E-state index in [1.165, 1.54) is 0 Å². The van der Waals surface area contributed by atoms with Crippen LogP contribution in [0.15, 0.2) is 36.2 Å². The minimum Gasteiger partial charge on any atom is -0.330 e. The average Bonchev–Trinajstić information content (AvgIpc) is 3.26. The summed E-state index contributed by atoms with van der Waals surface area (Å²) in [6.45, 7) is 9.41. The lowest BCUT2D eigenvalue weighted by atomic mass is 9.75. The van der Waals surface area contributed by atoms with Gasteiger partial charge in [-0.05, 0) is 50.2 Å². The van der Waals surface area contributed by atoms with Gasteiger partial charge in [-0.3, -0.25) is 19.3 Å². The molecule has 0 aromatic carbocycles. The lowest BCUT2D eigenvalue weighted by molar-refractivity contribution is -0.127. The lowest BCUT2D eigenvalue weighted by Crippen LogP contribution is -2.32.